The molecule has 0 saturated carbocycles. The van der Waals surface area contributed by atoms with Crippen LogP contribution >= 0.6 is 0 Å². The molecule has 0 aliphatic rings. The molecule has 0 radical (unpaired) electrons. The lowest BCUT2D eigenvalue weighted by atomic mass is 10.4. The van der Waals surface area contributed by atoms with Gasteiger partial charge in [-0.3, -0.25) is 14.6 Å². The van der Waals surface area contributed by atoms with Gasteiger partial charge >= 0.3 is 5.69 Å². The van der Waals surface area contributed by atoms with Crippen LogP contribution in [-0.4, -0.2) is 35.1 Å². The molecule has 0 saturated heterocycles. The van der Waals surface area contributed by atoms with Crippen LogP contribution in [0.2, 0.25) is 0 Å². The Bertz CT molecular complexity index is 976. The smallest absolute Gasteiger partial charge is 0.330 e. The number of carbonyl (C=O) groups is 1. The molecule has 0 aliphatic carbocycles. The minimum atomic E-state index is -0.669. The van der Waals surface area contributed by atoms with Crippen molar-refractivity contribution in [3.8, 4) is 0 Å². The molecule has 3 aromatic rings. The molecule has 1 amide bonds. The molecule has 3 aromatic heterocycles. The minimum absolute atomic E-state index is 0.0645. The molecule has 114 valence electrons. The fourth-order valence-electron chi connectivity index (χ4n) is 2.06. The van der Waals surface area contributed by atoms with E-state index >= 15 is 0 Å². The third-order valence-corrected chi connectivity index (χ3v) is 2.95. The highest BCUT2D eigenvalue weighted by Crippen LogP contribution is 2.04. The van der Waals surface area contributed by atoms with Gasteiger partial charge in [0, 0.05) is 0 Å². The Morgan fingerprint density at radius 2 is 2.23 bits per heavy atom. The average Bonchev–Trinajstić information content (AvgIpc) is 3.01. The fraction of sp³-hybridized carbons (Fsp3) is 0.273. The number of aromatic amines is 1. The summed E-state index contributed by atoms with van der Waals surface area (Å²) >= 11 is 0. The first-order chi connectivity index (χ1) is 10.5. The monoisotopic (exact) mass is 305 g/mol. The van der Waals surface area contributed by atoms with Crippen molar-refractivity contribution in [3.63, 3.8) is 0 Å². The van der Waals surface area contributed by atoms with Crippen molar-refractivity contribution in [2.24, 2.45) is 5.73 Å². The molecule has 11 heteroatoms. The molecule has 3 N–H and O–H groups in total. The summed E-state index contributed by atoms with van der Waals surface area (Å²) in [6.45, 7) is 1.20. The summed E-state index contributed by atoms with van der Waals surface area (Å²) in [6.07, 6.45) is 1.26. The molecule has 22 heavy (non-hydrogen) atoms. The molecule has 0 aliphatic heterocycles. The number of nitrogens with two attached hydrogens (primary N) is 1. The summed E-state index contributed by atoms with van der Waals surface area (Å²) in [6, 6.07) is 0. The van der Waals surface area contributed by atoms with Crippen molar-refractivity contribution in [2.75, 3.05) is 0 Å². The second kappa shape index (κ2) is 4.95. The highest BCUT2D eigenvalue weighted by Gasteiger charge is 2.16. The molecular formula is C11H11N7O4. The second-order valence-corrected chi connectivity index (χ2v) is 4.59. The molecule has 3 heterocycles. The standard InChI is InChI=1S/C11H11N7O4/c1-5-14-7(22-16-5)3-18-10(20)8-9(15-11(18)21)13-4-17(8)2-6(12)19/h4H,2-3H2,1H3,(H2,12,19)(H,15,21). The number of amides is 1. The number of rotatable bonds is 4. The summed E-state index contributed by atoms with van der Waals surface area (Å²) in [4.78, 5) is 45.7. The van der Waals surface area contributed by atoms with Gasteiger partial charge in [0.2, 0.25) is 11.8 Å². The summed E-state index contributed by atoms with van der Waals surface area (Å²) < 4.78 is 7.05. The SMILES string of the molecule is Cc1noc(Cn2c(=O)[nH]c3ncn(CC(N)=O)c3c2=O)n1. The maximum absolute atomic E-state index is 12.5. The van der Waals surface area contributed by atoms with E-state index in [2.05, 4.69) is 20.1 Å². The van der Waals surface area contributed by atoms with Crippen molar-refractivity contribution >= 4 is 17.1 Å². The number of nitrogens with one attached hydrogen (secondary N) is 1. The number of hydrogen-bond acceptors (Lipinski definition) is 7. The van der Waals surface area contributed by atoms with Crippen LogP contribution in [-0.2, 0) is 17.9 Å². The van der Waals surface area contributed by atoms with Gasteiger partial charge in [-0.2, -0.15) is 4.98 Å². The van der Waals surface area contributed by atoms with Crippen LogP contribution < -0.4 is 17.0 Å². The lowest BCUT2D eigenvalue weighted by Crippen LogP contribution is -2.36. The zero-order valence-electron chi connectivity index (χ0n) is 11.4. The Morgan fingerprint density at radius 3 is 2.86 bits per heavy atom. The van der Waals surface area contributed by atoms with Gasteiger partial charge in [-0.15, -0.1) is 0 Å². The van der Waals surface area contributed by atoms with Crippen molar-refractivity contribution in [3.05, 3.63) is 38.9 Å². The van der Waals surface area contributed by atoms with Crippen molar-refractivity contribution in [1.29, 1.82) is 0 Å². The highest BCUT2D eigenvalue weighted by molar-refractivity contribution is 5.77. The summed E-state index contributed by atoms with van der Waals surface area (Å²) in [7, 11) is 0. The van der Waals surface area contributed by atoms with Gasteiger partial charge in [0.25, 0.3) is 5.56 Å². The zero-order chi connectivity index (χ0) is 15.9. The molecule has 3 rings (SSSR count). The van der Waals surface area contributed by atoms with Gasteiger partial charge in [-0.05, 0) is 6.92 Å². The fourth-order valence-corrected chi connectivity index (χ4v) is 2.06. The third-order valence-electron chi connectivity index (χ3n) is 2.95. The predicted molar refractivity (Wildman–Crippen MR) is 71.9 cm³/mol. The number of fused-ring (bicyclic) bond motifs is 1. The lowest BCUT2D eigenvalue weighted by Gasteiger charge is -2.03. The first kappa shape index (κ1) is 13.7. The molecule has 0 aromatic carbocycles. The number of primary amides is 1. The predicted octanol–water partition coefficient (Wildman–Crippen LogP) is -1.89. The first-order valence-electron chi connectivity index (χ1n) is 6.21. The zero-order valence-corrected chi connectivity index (χ0v) is 11.4. The van der Waals surface area contributed by atoms with Crippen LogP contribution in [0, 0.1) is 6.92 Å². The first-order valence-corrected chi connectivity index (χ1v) is 6.21. The van der Waals surface area contributed by atoms with Crippen LogP contribution in [0.1, 0.15) is 11.7 Å². The van der Waals surface area contributed by atoms with Crippen LogP contribution in [0.15, 0.2) is 20.4 Å². The molecular weight excluding hydrogens is 294 g/mol. The Morgan fingerprint density at radius 1 is 1.45 bits per heavy atom. The van der Waals surface area contributed by atoms with E-state index in [1.54, 1.807) is 6.92 Å². The number of H-pyrrole nitrogens is 1. The molecule has 0 bridgehead atoms. The van der Waals surface area contributed by atoms with Gasteiger partial charge in [0.1, 0.15) is 13.1 Å². The molecule has 11 nitrogen and oxygen atoms in total. The minimum Gasteiger partial charge on any atom is -0.368 e. The van der Waals surface area contributed by atoms with Crippen LogP contribution in [0.25, 0.3) is 11.2 Å². The highest BCUT2D eigenvalue weighted by atomic mass is 16.5. The average molecular weight is 305 g/mol. The summed E-state index contributed by atoms with van der Waals surface area (Å²) in [5, 5.41) is 3.59. The van der Waals surface area contributed by atoms with Gasteiger partial charge < -0.3 is 14.8 Å². The number of hydrogen-bond donors (Lipinski definition) is 2. The van der Waals surface area contributed by atoms with E-state index in [0.29, 0.717) is 5.82 Å². The Balaban J connectivity index is 2.15. The van der Waals surface area contributed by atoms with Gasteiger partial charge in [-0.25, -0.2) is 14.3 Å². The molecule has 0 unspecified atom stereocenters. The van der Waals surface area contributed by atoms with Gasteiger partial charge in [0.15, 0.2) is 17.0 Å². The van der Waals surface area contributed by atoms with Crippen molar-refractivity contribution < 1.29 is 9.32 Å². The van der Waals surface area contributed by atoms with E-state index in [0.717, 1.165) is 4.57 Å². The summed E-state index contributed by atoms with van der Waals surface area (Å²) in [5.74, 6) is -0.131. The number of imidazole rings is 1. The summed E-state index contributed by atoms with van der Waals surface area (Å²) in [5.41, 5.74) is 3.96. The lowest BCUT2D eigenvalue weighted by molar-refractivity contribution is -0.118. The Labute approximate surface area is 121 Å². The number of carbonyl (C=O) groups excluding carboxylic acids is 1. The van der Waals surface area contributed by atoms with E-state index in [4.69, 9.17) is 10.3 Å². The third kappa shape index (κ3) is 2.28. The normalized spacial score (nSPS) is 11.1. The van der Waals surface area contributed by atoms with E-state index in [1.807, 2.05) is 0 Å². The van der Waals surface area contributed by atoms with Crippen molar-refractivity contribution in [1.82, 2.24) is 29.2 Å². The second-order valence-electron chi connectivity index (χ2n) is 4.59. The van der Waals surface area contributed by atoms with E-state index < -0.39 is 17.2 Å². The molecule has 0 atom stereocenters. The topological polar surface area (TPSA) is 155 Å². The number of aromatic nitrogens is 6. The molecule has 0 fully saturated rings. The van der Waals surface area contributed by atoms with Crippen LogP contribution in [0.4, 0.5) is 0 Å². The Hall–Kier alpha value is -3.24. The van der Waals surface area contributed by atoms with Gasteiger partial charge in [0.05, 0.1) is 6.33 Å². The largest absolute Gasteiger partial charge is 0.368 e. The van der Waals surface area contributed by atoms with Crippen LogP contribution in [0.5, 0.6) is 0 Å². The maximum atomic E-state index is 12.5. The Kier molecular flexibility index (Phi) is 3.09. The quantitative estimate of drug-likeness (QED) is 0.571. The number of aryl methyl sites for hydroxylation is 1. The van der Waals surface area contributed by atoms with Crippen LogP contribution in [0.3, 0.4) is 0 Å². The van der Waals surface area contributed by atoms with E-state index in [9.17, 15) is 14.4 Å². The molecule has 0 spiro atoms. The van der Waals surface area contributed by atoms with E-state index in [-0.39, 0.29) is 30.1 Å². The number of nitrogens with zero attached hydrogens (tertiary/aromatic N) is 5. The van der Waals surface area contributed by atoms with Gasteiger partial charge in [-0.1, -0.05) is 5.16 Å². The van der Waals surface area contributed by atoms with Crippen molar-refractivity contribution in [2.45, 2.75) is 20.0 Å². The maximum Gasteiger partial charge on any atom is 0.330 e. The van der Waals surface area contributed by atoms with E-state index in [1.165, 1.54) is 10.9 Å².